The van der Waals surface area contributed by atoms with Crippen LogP contribution in [0.2, 0.25) is 0 Å². The molecule has 5 nitrogen and oxygen atoms in total. The zero-order valence-electron chi connectivity index (χ0n) is 11.7. The Morgan fingerprint density at radius 1 is 0.909 bits per heavy atom. The molecule has 0 amide bonds. The first-order valence-corrected chi connectivity index (χ1v) is 6.94. The second-order valence-electron chi connectivity index (χ2n) is 4.94. The molecule has 4 rings (SSSR count). The summed E-state index contributed by atoms with van der Waals surface area (Å²) in [5.74, 6) is 0.476. The number of nitrogens with zero attached hydrogens (tertiary/aromatic N) is 4. The van der Waals surface area contributed by atoms with Gasteiger partial charge in [0.15, 0.2) is 11.5 Å². The maximum atomic E-state index is 6.02. The summed E-state index contributed by atoms with van der Waals surface area (Å²) in [5, 5.41) is 5.26. The lowest BCUT2D eigenvalue weighted by atomic mass is 10.2. The van der Waals surface area contributed by atoms with Crippen molar-refractivity contribution in [3.05, 3.63) is 67.0 Å². The van der Waals surface area contributed by atoms with Gasteiger partial charge in [-0.15, -0.1) is 5.10 Å². The van der Waals surface area contributed by atoms with E-state index in [4.69, 9.17) is 10.7 Å². The number of pyridine rings is 2. The Morgan fingerprint density at radius 3 is 2.55 bits per heavy atom. The summed E-state index contributed by atoms with van der Waals surface area (Å²) in [6.07, 6.45) is 3.54. The Morgan fingerprint density at radius 2 is 1.77 bits per heavy atom. The van der Waals surface area contributed by atoms with Gasteiger partial charge in [-0.2, -0.15) is 0 Å². The van der Waals surface area contributed by atoms with Crippen LogP contribution in [0.4, 0.5) is 5.82 Å². The Hall–Kier alpha value is -3.21. The lowest BCUT2D eigenvalue weighted by Crippen LogP contribution is -1.98. The van der Waals surface area contributed by atoms with Crippen molar-refractivity contribution in [1.82, 2.24) is 19.7 Å². The zero-order valence-corrected chi connectivity index (χ0v) is 11.7. The molecule has 0 aliphatic rings. The molecule has 0 aliphatic carbocycles. The molecule has 4 aromatic rings. The number of fused-ring (bicyclic) bond motifs is 1. The van der Waals surface area contributed by atoms with Crippen molar-refractivity contribution in [2.45, 2.75) is 0 Å². The van der Waals surface area contributed by atoms with E-state index in [-0.39, 0.29) is 0 Å². The number of rotatable bonds is 2. The number of nitrogen functional groups attached to an aromatic ring is 1. The molecule has 1 aromatic carbocycles. The maximum Gasteiger partial charge on any atom is 0.165 e. The largest absolute Gasteiger partial charge is 0.382 e. The lowest BCUT2D eigenvalue weighted by molar-refractivity contribution is 0.903. The molecule has 22 heavy (non-hydrogen) atoms. The van der Waals surface area contributed by atoms with E-state index in [1.807, 2.05) is 54.6 Å². The number of nitrogens with two attached hydrogens (primary N) is 1. The van der Waals surface area contributed by atoms with Gasteiger partial charge < -0.3 is 5.73 Å². The van der Waals surface area contributed by atoms with Crippen LogP contribution in [0.1, 0.15) is 0 Å². The predicted octanol–water partition coefficient (Wildman–Crippen LogP) is 3.06. The molecule has 0 radical (unpaired) electrons. The number of anilines is 1. The molecule has 2 N–H and O–H groups in total. The molecule has 3 aromatic heterocycles. The van der Waals surface area contributed by atoms with E-state index in [9.17, 15) is 0 Å². The zero-order chi connectivity index (χ0) is 14.9. The van der Waals surface area contributed by atoms with Gasteiger partial charge >= 0.3 is 0 Å². The van der Waals surface area contributed by atoms with Gasteiger partial charge in [-0.1, -0.05) is 18.2 Å². The van der Waals surface area contributed by atoms with Crippen molar-refractivity contribution in [1.29, 1.82) is 0 Å². The number of hydrogen-bond donors (Lipinski definition) is 1. The van der Waals surface area contributed by atoms with Crippen LogP contribution in [0.25, 0.3) is 28.0 Å². The van der Waals surface area contributed by atoms with E-state index < -0.39 is 0 Å². The Labute approximate surface area is 127 Å². The maximum absolute atomic E-state index is 6.02. The van der Waals surface area contributed by atoms with Crippen LogP contribution in [-0.4, -0.2) is 19.7 Å². The summed E-state index contributed by atoms with van der Waals surface area (Å²) in [6, 6.07) is 17.6. The van der Waals surface area contributed by atoms with Gasteiger partial charge in [0.1, 0.15) is 0 Å². The molecule has 0 spiro atoms. The predicted molar refractivity (Wildman–Crippen MR) is 86.5 cm³/mol. The molecule has 0 atom stereocenters. The van der Waals surface area contributed by atoms with Crippen molar-refractivity contribution < 1.29 is 0 Å². The van der Waals surface area contributed by atoms with E-state index >= 15 is 0 Å². The smallest absolute Gasteiger partial charge is 0.165 e. The molecular formula is C17H13N5. The van der Waals surface area contributed by atoms with E-state index in [1.165, 1.54) is 0 Å². The van der Waals surface area contributed by atoms with Crippen molar-refractivity contribution >= 4 is 16.9 Å². The minimum Gasteiger partial charge on any atom is -0.382 e. The van der Waals surface area contributed by atoms with Gasteiger partial charge in [0, 0.05) is 18.0 Å². The highest BCUT2D eigenvalue weighted by molar-refractivity contribution is 5.89. The van der Waals surface area contributed by atoms with Gasteiger partial charge in [0.2, 0.25) is 0 Å². The quantitative estimate of drug-likeness (QED) is 0.615. The second kappa shape index (κ2) is 4.96. The lowest BCUT2D eigenvalue weighted by Gasteiger charge is -2.04. The summed E-state index contributed by atoms with van der Waals surface area (Å²) >= 11 is 0. The highest BCUT2D eigenvalue weighted by Gasteiger charge is 2.12. The topological polar surface area (TPSA) is 69.6 Å². The van der Waals surface area contributed by atoms with Gasteiger partial charge in [0.05, 0.1) is 16.8 Å². The summed E-state index contributed by atoms with van der Waals surface area (Å²) in [7, 11) is 0. The Balaban J connectivity index is 1.96. The molecular weight excluding hydrogens is 274 g/mol. The van der Waals surface area contributed by atoms with Crippen molar-refractivity contribution in [3.8, 4) is 16.9 Å². The van der Waals surface area contributed by atoms with Gasteiger partial charge in [0.25, 0.3) is 0 Å². The number of hydrogen-bond acceptors (Lipinski definition) is 4. The molecule has 0 bridgehead atoms. The van der Waals surface area contributed by atoms with E-state index in [0.29, 0.717) is 5.82 Å². The normalized spacial score (nSPS) is 10.9. The first-order valence-electron chi connectivity index (χ1n) is 6.94. The molecule has 0 fully saturated rings. The minimum atomic E-state index is 0.476. The van der Waals surface area contributed by atoms with E-state index in [1.54, 1.807) is 17.1 Å². The average molecular weight is 287 g/mol. The molecule has 0 saturated carbocycles. The second-order valence-corrected chi connectivity index (χ2v) is 4.94. The van der Waals surface area contributed by atoms with Crippen LogP contribution in [0.3, 0.4) is 0 Å². The minimum absolute atomic E-state index is 0.476. The Bertz CT molecular complexity index is 929. The Kier molecular flexibility index (Phi) is 2.83. The summed E-state index contributed by atoms with van der Waals surface area (Å²) < 4.78 is 1.77. The summed E-state index contributed by atoms with van der Waals surface area (Å²) in [6.45, 7) is 0. The average Bonchev–Trinajstić information content (AvgIpc) is 2.93. The third-order valence-corrected chi connectivity index (χ3v) is 3.52. The molecule has 3 heterocycles. The highest BCUT2D eigenvalue weighted by Crippen LogP contribution is 2.25. The van der Waals surface area contributed by atoms with Crippen LogP contribution >= 0.6 is 0 Å². The van der Waals surface area contributed by atoms with Gasteiger partial charge in [-0.3, -0.25) is 4.98 Å². The van der Waals surface area contributed by atoms with E-state index in [2.05, 4.69) is 10.1 Å². The number of aromatic nitrogens is 4. The fourth-order valence-electron chi connectivity index (χ4n) is 2.44. The van der Waals surface area contributed by atoms with Crippen LogP contribution in [0, 0.1) is 0 Å². The standard InChI is InChI=1S/C17H13N5/c18-16-14-8-9-15(12-5-4-10-19-11-12)20-17(14)22(21-16)13-6-2-1-3-7-13/h1-11H,(H2,18,21). The fraction of sp³-hybridized carbons (Fsp3) is 0. The molecule has 0 aliphatic heterocycles. The third-order valence-electron chi connectivity index (χ3n) is 3.52. The van der Waals surface area contributed by atoms with Gasteiger partial charge in [-0.05, 0) is 36.4 Å². The molecule has 0 unspecified atom stereocenters. The monoisotopic (exact) mass is 287 g/mol. The molecule has 5 heteroatoms. The highest BCUT2D eigenvalue weighted by atomic mass is 15.3. The van der Waals surface area contributed by atoms with Crippen LogP contribution in [-0.2, 0) is 0 Å². The molecule has 106 valence electrons. The number of benzene rings is 1. The molecule has 0 saturated heterocycles. The van der Waals surface area contributed by atoms with Crippen molar-refractivity contribution in [3.63, 3.8) is 0 Å². The van der Waals surface area contributed by atoms with Crippen molar-refractivity contribution in [2.75, 3.05) is 5.73 Å². The van der Waals surface area contributed by atoms with Gasteiger partial charge in [-0.25, -0.2) is 9.67 Å². The SMILES string of the molecule is Nc1nn(-c2ccccc2)c2nc(-c3cccnc3)ccc12. The third kappa shape index (κ3) is 2.00. The van der Waals surface area contributed by atoms with E-state index in [0.717, 1.165) is 28.0 Å². The van der Waals surface area contributed by atoms with Crippen LogP contribution in [0.15, 0.2) is 67.0 Å². The fourth-order valence-corrected chi connectivity index (χ4v) is 2.44. The number of para-hydroxylation sites is 1. The summed E-state index contributed by atoms with van der Waals surface area (Å²) in [5.41, 5.74) is 9.50. The van der Waals surface area contributed by atoms with Crippen LogP contribution in [0.5, 0.6) is 0 Å². The first-order chi connectivity index (χ1) is 10.8. The summed E-state index contributed by atoms with van der Waals surface area (Å²) in [4.78, 5) is 8.86. The van der Waals surface area contributed by atoms with Crippen molar-refractivity contribution in [2.24, 2.45) is 0 Å². The van der Waals surface area contributed by atoms with Crippen LogP contribution < -0.4 is 5.73 Å². The first kappa shape index (κ1) is 12.5.